The number of ether oxygens (including phenoxy) is 2. The van der Waals surface area contributed by atoms with Gasteiger partial charge in [0.2, 0.25) is 19.1 Å². The Morgan fingerprint density at radius 3 is 2.59 bits per heavy atom. The number of aromatic nitrogens is 1. The van der Waals surface area contributed by atoms with Crippen molar-refractivity contribution in [1.82, 2.24) is 14.8 Å². The van der Waals surface area contributed by atoms with Crippen LogP contribution in [-0.2, 0) is 25.5 Å². The van der Waals surface area contributed by atoms with Gasteiger partial charge in [0.05, 0.1) is 12.1 Å². The topological polar surface area (TPSA) is 72.8 Å². The first-order valence-electron chi connectivity index (χ1n) is 11.2. The van der Waals surface area contributed by atoms with Crippen LogP contribution in [0.25, 0.3) is 17.1 Å². The molecule has 0 spiro atoms. The van der Waals surface area contributed by atoms with Gasteiger partial charge < -0.3 is 24.3 Å². The Kier molecular flexibility index (Phi) is 12.4. The van der Waals surface area contributed by atoms with Gasteiger partial charge in [0.15, 0.2) is 11.5 Å². The quantitative estimate of drug-likeness (QED) is 0.491. The molecule has 1 fully saturated rings. The second kappa shape index (κ2) is 15.0. The molecule has 34 heavy (non-hydrogen) atoms. The number of fused-ring (bicyclic) bond motifs is 1. The van der Waals surface area contributed by atoms with E-state index in [-0.39, 0.29) is 19.2 Å². The average Bonchev–Trinajstić information content (AvgIpc) is 3.42. The summed E-state index contributed by atoms with van der Waals surface area (Å²) in [6.07, 6.45) is 11.6. The van der Waals surface area contributed by atoms with Gasteiger partial charge in [0.1, 0.15) is 0 Å². The van der Waals surface area contributed by atoms with Crippen LogP contribution in [0.4, 0.5) is 0 Å². The number of allylic oxidation sites excluding steroid dienone is 2. The predicted molar refractivity (Wildman–Crippen MR) is 138 cm³/mol. The molecule has 1 aromatic heterocycles. The molecule has 0 aliphatic carbocycles. The van der Waals surface area contributed by atoms with Crippen LogP contribution < -0.4 is 5.32 Å². The van der Waals surface area contributed by atoms with Crippen molar-refractivity contribution in [3.05, 3.63) is 65.8 Å². The molecular weight excluding hydrogens is 430 g/mol. The number of hydrogen-bond acceptors (Lipinski definition) is 4. The molecule has 0 radical (unpaired) electrons. The maximum absolute atomic E-state index is 11.7. The molecule has 2 aromatic rings. The van der Waals surface area contributed by atoms with E-state index in [4.69, 9.17) is 15.9 Å². The fourth-order valence-electron chi connectivity index (χ4n) is 3.37. The van der Waals surface area contributed by atoms with E-state index in [1.807, 2.05) is 39.0 Å². The first kappa shape index (κ1) is 28.1. The highest BCUT2D eigenvalue weighted by atomic mass is 16.7. The van der Waals surface area contributed by atoms with E-state index in [1.54, 1.807) is 19.3 Å². The minimum atomic E-state index is -0.153. The Morgan fingerprint density at radius 1 is 1.29 bits per heavy atom. The van der Waals surface area contributed by atoms with Crippen molar-refractivity contribution in [3.8, 4) is 12.3 Å². The van der Waals surface area contributed by atoms with Crippen LogP contribution in [0.3, 0.4) is 0 Å². The van der Waals surface area contributed by atoms with Gasteiger partial charge in [-0.1, -0.05) is 44.5 Å². The van der Waals surface area contributed by atoms with Crippen LogP contribution in [-0.4, -0.2) is 48.7 Å². The number of amides is 2. The summed E-state index contributed by atoms with van der Waals surface area (Å²) >= 11 is 0. The molecule has 0 saturated carbocycles. The fourth-order valence-corrected chi connectivity index (χ4v) is 3.37. The third kappa shape index (κ3) is 7.59. The molecule has 1 N–H and O–H groups in total. The minimum Gasteiger partial charge on any atom is -0.454 e. The van der Waals surface area contributed by atoms with Gasteiger partial charge in [-0.15, -0.1) is 6.42 Å². The van der Waals surface area contributed by atoms with E-state index in [2.05, 4.69) is 41.4 Å². The third-order valence-corrected chi connectivity index (χ3v) is 4.89. The third-order valence-electron chi connectivity index (χ3n) is 4.89. The van der Waals surface area contributed by atoms with E-state index in [1.165, 1.54) is 15.8 Å². The van der Waals surface area contributed by atoms with Crippen LogP contribution in [0.2, 0.25) is 0 Å². The molecule has 1 aliphatic heterocycles. The molecular formula is C27H35N3O4. The van der Waals surface area contributed by atoms with Crippen molar-refractivity contribution in [1.29, 1.82) is 0 Å². The predicted octanol–water partition coefficient (Wildman–Crippen LogP) is 4.23. The molecule has 0 atom stereocenters. The van der Waals surface area contributed by atoms with Crippen molar-refractivity contribution in [2.45, 2.75) is 34.1 Å². The maximum atomic E-state index is 11.7. The lowest BCUT2D eigenvalue weighted by Crippen LogP contribution is -2.35. The van der Waals surface area contributed by atoms with E-state index in [0.29, 0.717) is 18.7 Å². The van der Waals surface area contributed by atoms with Gasteiger partial charge in [-0.2, -0.15) is 0 Å². The van der Waals surface area contributed by atoms with Crippen LogP contribution in [0.1, 0.15) is 32.0 Å². The second-order valence-corrected chi connectivity index (χ2v) is 6.99. The molecule has 1 aliphatic rings. The number of terminal acetylenes is 1. The minimum absolute atomic E-state index is 0.0803. The van der Waals surface area contributed by atoms with Crippen molar-refractivity contribution in [3.63, 3.8) is 0 Å². The molecule has 7 heteroatoms. The number of hydrogen-bond donors (Lipinski definition) is 1. The van der Waals surface area contributed by atoms with Crippen LogP contribution in [0, 0.1) is 19.3 Å². The lowest BCUT2D eigenvalue weighted by atomic mass is 10.1. The summed E-state index contributed by atoms with van der Waals surface area (Å²) in [5.74, 6) is 3.58. The van der Waals surface area contributed by atoms with Gasteiger partial charge in [-0.3, -0.25) is 9.59 Å². The molecule has 1 aromatic carbocycles. The Balaban J connectivity index is 0.000000402. The summed E-state index contributed by atoms with van der Waals surface area (Å²) in [7, 11) is 1.58. The number of benzene rings is 1. The monoisotopic (exact) mass is 465 g/mol. The van der Waals surface area contributed by atoms with Crippen molar-refractivity contribution in [2.24, 2.45) is 0 Å². The fraction of sp³-hybridized carbons (Fsp3) is 0.333. The lowest BCUT2D eigenvalue weighted by Gasteiger charge is -2.10. The number of nitrogens with zero attached hydrogens (tertiary/aromatic N) is 2. The van der Waals surface area contributed by atoms with Gasteiger partial charge in [0, 0.05) is 36.9 Å². The first-order valence-corrected chi connectivity index (χ1v) is 11.2. The number of carbonyl (C=O) groups is 2. The molecule has 7 nitrogen and oxygen atoms in total. The van der Waals surface area contributed by atoms with Crippen LogP contribution in [0.15, 0.2) is 54.5 Å². The Bertz CT molecular complexity index is 1070. The van der Waals surface area contributed by atoms with E-state index in [9.17, 15) is 9.59 Å². The SMILES string of the molecule is C#C/C=C1/OCO/C1=C/C.C=Cn1c(C)c(CCNC(=O)CN(C)C=O)c2ccccc21.CC. The molecule has 0 unspecified atom stereocenters. The normalized spacial score (nSPS) is 14.0. The Hall–Kier alpha value is -3.92. The smallest absolute Gasteiger partial charge is 0.239 e. The van der Waals surface area contributed by atoms with Crippen LogP contribution >= 0.6 is 0 Å². The standard InChI is InChI=1S/C17H21N3O2.C8H8O2.C2H6/c1-4-20-13(2)14(15-7-5-6-8-16(15)20)9-10-18-17(22)11-19(3)12-21;1-3-5-8-7(4-2)9-6-10-8;1-2/h4-8,12H,1,9-11H2,2-3H3,(H,18,22);1,4-5H,6H2,2H3;1-2H3/b;7-4+,8-5+;. The molecule has 2 heterocycles. The number of likely N-dealkylation sites (N-methyl/N-ethyl adjacent to an activating group) is 1. The Labute approximate surface area is 202 Å². The molecule has 1 saturated heterocycles. The van der Waals surface area contributed by atoms with Gasteiger partial charge >= 0.3 is 0 Å². The van der Waals surface area contributed by atoms with E-state index < -0.39 is 0 Å². The zero-order valence-corrected chi connectivity index (χ0v) is 20.8. The van der Waals surface area contributed by atoms with Crippen molar-refractivity contribution < 1.29 is 19.1 Å². The summed E-state index contributed by atoms with van der Waals surface area (Å²) in [6.45, 7) is 12.7. The van der Waals surface area contributed by atoms with E-state index >= 15 is 0 Å². The van der Waals surface area contributed by atoms with Crippen LogP contribution in [0.5, 0.6) is 0 Å². The summed E-state index contributed by atoms with van der Waals surface area (Å²) < 4.78 is 12.1. The summed E-state index contributed by atoms with van der Waals surface area (Å²) in [5.41, 5.74) is 3.46. The Morgan fingerprint density at radius 2 is 1.97 bits per heavy atom. The highest BCUT2D eigenvalue weighted by Gasteiger charge is 2.14. The van der Waals surface area contributed by atoms with Gasteiger partial charge in [0.25, 0.3) is 0 Å². The van der Waals surface area contributed by atoms with Gasteiger partial charge in [-0.25, -0.2) is 0 Å². The summed E-state index contributed by atoms with van der Waals surface area (Å²) in [4.78, 5) is 23.5. The molecule has 2 amide bonds. The summed E-state index contributed by atoms with van der Waals surface area (Å²) in [5, 5.41) is 4.02. The molecule has 182 valence electrons. The molecule has 0 bridgehead atoms. The van der Waals surface area contributed by atoms with Crippen molar-refractivity contribution >= 4 is 29.4 Å². The number of carbonyl (C=O) groups excluding carboxylic acids is 2. The molecule has 3 rings (SSSR count). The number of rotatable bonds is 7. The number of para-hydroxylation sites is 1. The van der Waals surface area contributed by atoms with Gasteiger partial charge in [-0.05, 0) is 38.0 Å². The number of nitrogens with one attached hydrogen (secondary N) is 1. The highest BCUT2D eigenvalue weighted by molar-refractivity contribution is 5.87. The zero-order chi connectivity index (χ0) is 25.5. The highest BCUT2D eigenvalue weighted by Crippen LogP contribution is 2.26. The average molecular weight is 466 g/mol. The zero-order valence-electron chi connectivity index (χ0n) is 20.8. The van der Waals surface area contributed by atoms with E-state index in [0.717, 1.165) is 23.4 Å². The first-order chi connectivity index (χ1) is 16.5. The van der Waals surface area contributed by atoms with Crippen molar-refractivity contribution in [2.75, 3.05) is 26.9 Å². The maximum Gasteiger partial charge on any atom is 0.239 e. The lowest BCUT2D eigenvalue weighted by molar-refractivity contribution is -0.127. The second-order valence-electron chi connectivity index (χ2n) is 6.99. The summed E-state index contributed by atoms with van der Waals surface area (Å²) in [6, 6.07) is 8.16. The largest absolute Gasteiger partial charge is 0.454 e.